The van der Waals surface area contributed by atoms with E-state index in [1.807, 2.05) is 31.2 Å². The van der Waals surface area contributed by atoms with Crippen LogP contribution in [0.15, 0.2) is 42.5 Å². The molecular weight excluding hydrogens is 245 g/mol. The monoisotopic (exact) mass is 259 g/mol. The molecule has 0 heterocycles. The van der Waals surface area contributed by atoms with Gasteiger partial charge in [-0.2, -0.15) is 0 Å². The molecule has 0 aromatic heterocycles. The Kier molecular flexibility index (Phi) is 3.80. The molecule has 0 aliphatic rings. The van der Waals surface area contributed by atoms with Crippen LogP contribution in [0.25, 0.3) is 11.1 Å². The SMILES string of the molecule is CCc1cccc(-c2cc(F)ccc2NC(=O)O)c1. The van der Waals surface area contributed by atoms with Crippen molar-refractivity contribution in [1.29, 1.82) is 0 Å². The molecule has 2 rings (SSSR count). The molecule has 0 unspecified atom stereocenters. The highest BCUT2D eigenvalue weighted by Gasteiger charge is 2.09. The van der Waals surface area contributed by atoms with Gasteiger partial charge in [-0.15, -0.1) is 0 Å². The van der Waals surface area contributed by atoms with Crippen molar-refractivity contribution in [2.45, 2.75) is 13.3 Å². The first-order chi connectivity index (χ1) is 9.10. The molecule has 0 saturated carbocycles. The van der Waals surface area contributed by atoms with E-state index in [0.717, 1.165) is 17.5 Å². The molecule has 2 N–H and O–H groups in total. The number of hydrogen-bond acceptors (Lipinski definition) is 1. The average Bonchev–Trinajstić information content (AvgIpc) is 2.40. The fourth-order valence-electron chi connectivity index (χ4n) is 1.94. The highest BCUT2D eigenvalue weighted by molar-refractivity contribution is 5.90. The van der Waals surface area contributed by atoms with Gasteiger partial charge in [-0.05, 0) is 35.7 Å². The maximum Gasteiger partial charge on any atom is 0.409 e. The summed E-state index contributed by atoms with van der Waals surface area (Å²) in [6.45, 7) is 2.03. The minimum atomic E-state index is -1.17. The fraction of sp³-hybridized carbons (Fsp3) is 0.133. The second kappa shape index (κ2) is 5.52. The van der Waals surface area contributed by atoms with Crippen LogP contribution in [0.1, 0.15) is 12.5 Å². The van der Waals surface area contributed by atoms with Crippen LogP contribution >= 0.6 is 0 Å². The summed E-state index contributed by atoms with van der Waals surface area (Å²) in [5.41, 5.74) is 2.82. The topological polar surface area (TPSA) is 49.3 Å². The summed E-state index contributed by atoms with van der Waals surface area (Å²) >= 11 is 0. The number of carbonyl (C=O) groups is 1. The van der Waals surface area contributed by atoms with Crippen molar-refractivity contribution >= 4 is 11.8 Å². The van der Waals surface area contributed by atoms with Crippen LogP contribution in [0.2, 0.25) is 0 Å². The molecule has 0 spiro atoms. The Balaban J connectivity index is 2.52. The van der Waals surface area contributed by atoms with Gasteiger partial charge < -0.3 is 5.11 Å². The van der Waals surface area contributed by atoms with Crippen molar-refractivity contribution in [3.8, 4) is 11.1 Å². The van der Waals surface area contributed by atoms with Crippen LogP contribution in [0.3, 0.4) is 0 Å². The van der Waals surface area contributed by atoms with E-state index < -0.39 is 11.9 Å². The summed E-state index contributed by atoms with van der Waals surface area (Å²) < 4.78 is 13.4. The number of halogens is 1. The van der Waals surface area contributed by atoms with Crippen LogP contribution in [0.4, 0.5) is 14.9 Å². The number of benzene rings is 2. The molecule has 0 aliphatic heterocycles. The average molecular weight is 259 g/mol. The second-order valence-electron chi connectivity index (χ2n) is 4.17. The zero-order valence-corrected chi connectivity index (χ0v) is 10.5. The zero-order valence-electron chi connectivity index (χ0n) is 10.5. The van der Waals surface area contributed by atoms with Crippen LogP contribution in [0, 0.1) is 5.82 Å². The smallest absolute Gasteiger partial charge is 0.409 e. The van der Waals surface area contributed by atoms with E-state index in [0.29, 0.717) is 11.3 Å². The molecule has 0 bridgehead atoms. The lowest BCUT2D eigenvalue weighted by Crippen LogP contribution is -2.08. The van der Waals surface area contributed by atoms with Crippen molar-refractivity contribution in [2.75, 3.05) is 5.32 Å². The highest BCUT2D eigenvalue weighted by Crippen LogP contribution is 2.29. The fourth-order valence-corrected chi connectivity index (χ4v) is 1.94. The van der Waals surface area contributed by atoms with Gasteiger partial charge in [0.2, 0.25) is 0 Å². The zero-order chi connectivity index (χ0) is 13.8. The maximum atomic E-state index is 13.4. The van der Waals surface area contributed by atoms with Crippen molar-refractivity contribution in [1.82, 2.24) is 0 Å². The summed E-state index contributed by atoms with van der Waals surface area (Å²) in [5, 5.41) is 11.1. The normalized spacial score (nSPS) is 10.2. The Morgan fingerprint density at radius 3 is 2.74 bits per heavy atom. The third-order valence-electron chi connectivity index (χ3n) is 2.87. The summed E-state index contributed by atoms with van der Waals surface area (Å²) in [6.07, 6.45) is -0.301. The molecule has 2 aromatic carbocycles. The predicted molar refractivity (Wildman–Crippen MR) is 72.9 cm³/mol. The van der Waals surface area contributed by atoms with E-state index in [2.05, 4.69) is 5.32 Å². The summed E-state index contributed by atoms with van der Waals surface area (Å²) in [4.78, 5) is 10.8. The lowest BCUT2D eigenvalue weighted by atomic mass is 10.0. The molecular formula is C15H14FNO2. The van der Waals surface area contributed by atoms with E-state index in [1.54, 1.807) is 0 Å². The second-order valence-corrected chi connectivity index (χ2v) is 4.17. The first-order valence-corrected chi connectivity index (χ1v) is 5.99. The molecule has 1 amide bonds. The van der Waals surface area contributed by atoms with Crippen LogP contribution < -0.4 is 5.32 Å². The van der Waals surface area contributed by atoms with Gasteiger partial charge >= 0.3 is 6.09 Å². The summed E-state index contributed by atoms with van der Waals surface area (Å²) in [5.74, 6) is -0.396. The number of aryl methyl sites for hydroxylation is 1. The van der Waals surface area contributed by atoms with Crippen LogP contribution in [-0.2, 0) is 6.42 Å². The summed E-state index contributed by atoms with van der Waals surface area (Å²) in [6, 6.07) is 11.6. The minimum absolute atomic E-state index is 0.377. The van der Waals surface area contributed by atoms with Crippen LogP contribution in [-0.4, -0.2) is 11.2 Å². The van der Waals surface area contributed by atoms with E-state index in [-0.39, 0.29) is 0 Å². The molecule has 0 radical (unpaired) electrons. The van der Waals surface area contributed by atoms with Gasteiger partial charge in [-0.1, -0.05) is 31.2 Å². The number of anilines is 1. The third kappa shape index (κ3) is 3.10. The number of nitrogens with one attached hydrogen (secondary N) is 1. The Morgan fingerprint density at radius 1 is 1.26 bits per heavy atom. The lowest BCUT2D eigenvalue weighted by Gasteiger charge is -2.10. The molecule has 0 aliphatic carbocycles. The molecule has 4 heteroatoms. The van der Waals surface area contributed by atoms with E-state index in [9.17, 15) is 9.18 Å². The molecule has 0 saturated heterocycles. The Hall–Kier alpha value is -2.36. The molecule has 3 nitrogen and oxygen atoms in total. The van der Waals surface area contributed by atoms with Gasteiger partial charge in [0.15, 0.2) is 0 Å². The lowest BCUT2D eigenvalue weighted by molar-refractivity contribution is 0.210. The molecule has 2 aromatic rings. The van der Waals surface area contributed by atoms with Gasteiger partial charge in [-0.3, -0.25) is 5.32 Å². The van der Waals surface area contributed by atoms with Crippen LogP contribution in [0.5, 0.6) is 0 Å². The standard InChI is InChI=1S/C15H14FNO2/c1-2-10-4-3-5-11(8-10)13-9-12(16)6-7-14(13)17-15(18)19/h3-9,17H,2H2,1H3,(H,18,19). The van der Waals surface area contributed by atoms with E-state index in [4.69, 9.17) is 5.11 Å². The van der Waals surface area contributed by atoms with Gasteiger partial charge in [0.25, 0.3) is 0 Å². The third-order valence-corrected chi connectivity index (χ3v) is 2.87. The first kappa shape index (κ1) is 13.1. The molecule has 0 fully saturated rings. The van der Waals surface area contributed by atoms with Gasteiger partial charge in [0, 0.05) is 5.56 Å². The van der Waals surface area contributed by atoms with Gasteiger partial charge in [0.1, 0.15) is 5.82 Å². The van der Waals surface area contributed by atoms with Crippen molar-refractivity contribution in [3.05, 3.63) is 53.8 Å². The van der Waals surface area contributed by atoms with Crippen molar-refractivity contribution < 1.29 is 14.3 Å². The Morgan fingerprint density at radius 2 is 2.05 bits per heavy atom. The molecule has 0 atom stereocenters. The largest absolute Gasteiger partial charge is 0.465 e. The minimum Gasteiger partial charge on any atom is -0.465 e. The molecule has 19 heavy (non-hydrogen) atoms. The highest BCUT2D eigenvalue weighted by atomic mass is 19.1. The van der Waals surface area contributed by atoms with Crippen molar-refractivity contribution in [3.63, 3.8) is 0 Å². The number of hydrogen-bond donors (Lipinski definition) is 2. The van der Waals surface area contributed by atoms with Gasteiger partial charge in [-0.25, -0.2) is 9.18 Å². The predicted octanol–water partition coefficient (Wildman–Crippen LogP) is 4.15. The Labute approximate surface area is 110 Å². The number of carboxylic acid groups (broad SMARTS) is 1. The molecule has 98 valence electrons. The quantitative estimate of drug-likeness (QED) is 0.870. The first-order valence-electron chi connectivity index (χ1n) is 5.99. The van der Waals surface area contributed by atoms with E-state index >= 15 is 0 Å². The maximum absolute atomic E-state index is 13.4. The Bertz CT molecular complexity index is 611. The van der Waals surface area contributed by atoms with E-state index in [1.165, 1.54) is 18.2 Å². The number of rotatable bonds is 3. The summed E-state index contributed by atoms with van der Waals surface area (Å²) in [7, 11) is 0. The van der Waals surface area contributed by atoms with Crippen molar-refractivity contribution in [2.24, 2.45) is 0 Å². The number of amides is 1. The van der Waals surface area contributed by atoms with Gasteiger partial charge in [0.05, 0.1) is 5.69 Å².